The Morgan fingerprint density at radius 2 is 2.12 bits per heavy atom. The first kappa shape index (κ1) is 16.5. The molecule has 1 atom stereocenters. The molecule has 1 aliphatic rings. The molecule has 1 unspecified atom stereocenters. The lowest BCUT2D eigenvalue weighted by Gasteiger charge is -2.16. The highest BCUT2D eigenvalue weighted by molar-refractivity contribution is 5.73. The minimum Gasteiger partial charge on any atom is -0.338 e. The molecule has 2 aromatic rings. The van der Waals surface area contributed by atoms with Gasteiger partial charge in [-0.25, -0.2) is 9.78 Å². The molecule has 3 rings (SSSR count). The number of hydrogen-bond donors (Lipinski definition) is 2. The van der Waals surface area contributed by atoms with Gasteiger partial charge in [0.15, 0.2) is 0 Å². The highest BCUT2D eigenvalue weighted by atomic mass is 16.2. The van der Waals surface area contributed by atoms with Crippen molar-refractivity contribution < 1.29 is 4.79 Å². The van der Waals surface area contributed by atoms with Gasteiger partial charge in [-0.05, 0) is 24.4 Å². The van der Waals surface area contributed by atoms with Crippen LogP contribution in [0.1, 0.15) is 12.0 Å². The number of amides is 2. The molecule has 0 bridgehead atoms. The molecule has 1 aromatic heterocycles. The fraction of sp³-hybridized carbons (Fsp3) is 0.444. The predicted octanol–water partition coefficient (Wildman–Crippen LogP) is 1.70. The van der Waals surface area contributed by atoms with E-state index in [0.29, 0.717) is 12.5 Å². The fourth-order valence-corrected chi connectivity index (χ4v) is 3.08. The van der Waals surface area contributed by atoms with E-state index < -0.39 is 0 Å². The normalized spacial score (nSPS) is 17.8. The lowest BCUT2D eigenvalue weighted by molar-refractivity contribution is 0.238. The largest absolute Gasteiger partial charge is 0.338 e. The molecule has 2 N–H and O–H groups in total. The van der Waals surface area contributed by atoms with Crippen LogP contribution < -0.4 is 10.6 Å². The number of carbonyl (C=O) groups excluding carboxylic acids is 1. The van der Waals surface area contributed by atoms with Crippen molar-refractivity contribution in [2.24, 2.45) is 5.92 Å². The summed E-state index contributed by atoms with van der Waals surface area (Å²) >= 11 is 0. The van der Waals surface area contributed by atoms with E-state index in [-0.39, 0.29) is 6.03 Å². The van der Waals surface area contributed by atoms with Gasteiger partial charge in [0.1, 0.15) is 0 Å². The van der Waals surface area contributed by atoms with Crippen LogP contribution in [-0.2, 0) is 13.1 Å². The molecule has 2 amide bonds. The molecule has 0 saturated carbocycles. The summed E-state index contributed by atoms with van der Waals surface area (Å²) in [6, 6.07) is 10.5. The van der Waals surface area contributed by atoms with Crippen LogP contribution in [0.25, 0.3) is 0 Å². The molecule has 0 aliphatic carbocycles. The maximum Gasteiger partial charge on any atom is 0.314 e. The lowest BCUT2D eigenvalue weighted by atomic mass is 10.1. The first-order valence-electron chi connectivity index (χ1n) is 8.53. The maximum atomic E-state index is 11.8. The van der Waals surface area contributed by atoms with Crippen molar-refractivity contribution in [2.45, 2.75) is 19.5 Å². The molecule has 1 fully saturated rings. The standard InChI is InChI=1S/C18H25N5O/c24-18(20-8-11-22-10-7-19-15-22)21-12-17-6-9-23(14-17)13-16-4-2-1-3-5-16/h1-5,7,10,15,17H,6,8-9,11-14H2,(H2,20,21,24). The maximum absolute atomic E-state index is 11.8. The molecule has 0 spiro atoms. The van der Waals surface area contributed by atoms with Crippen LogP contribution >= 0.6 is 0 Å². The third kappa shape index (κ3) is 5.09. The Morgan fingerprint density at radius 1 is 1.25 bits per heavy atom. The second-order valence-electron chi connectivity index (χ2n) is 6.31. The molecular formula is C18H25N5O. The van der Waals surface area contributed by atoms with E-state index >= 15 is 0 Å². The van der Waals surface area contributed by atoms with E-state index in [1.165, 1.54) is 5.56 Å². The summed E-state index contributed by atoms with van der Waals surface area (Å²) in [5.41, 5.74) is 1.35. The van der Waals surface area contributed by atoms with E-state index in [9.17, 15) is 4.79 Å². The van der Waals surface area contributed by atoms with E-state index in [1.54, 1.807) is 12.5 Å². The number of aromatic nitrogens is 2. The fourth-order valence-electron chi connectivity index (χ4n) is 3.08. The Hall–Kier alpha value is -2.34. The van der Waals surface area contributed by atoms with E-state index in [4.69, 9.17) is 0 Å². The van der Waals surface area contributed by atoms with Crippen LogP contribution in [-0.4, -0.2) is 46.7 Å². The molecule has 1 saturated heterocycles. The molecule has 6 nitrogen and oxygen atoms in total. The first-order chi connectivity index (χ1) is 11.8. The number of rotatable bonds is 7. The smallest absolute Gasteiger partial charge is 0.314 e. The summed E-state index contributed by atoms with van der Waals surface area (Å²) in [5.74, 6) is 0.535. The van der Waals surface area contributed by atoms with Crippen molar-refractivity contribution in [1.82, 2.24) is 25.1 Å². The van der Waals surface area contributed by atoms with Crippen LogP contribution in [0.4, 0.5) is 4.79 Å². The van der Waals surface area contributed by atoms with Crippen LogP contribution in [0.5, 0.6) is 0 Å². The molecule has 128 valence electrons. The van der Waals surface area contributed by atoms with Gasteiger partial charge in [0.25, 0.3) is 0 Å². The number of imidazole rings is 1. The lowest BCUT2D eigenvalue weighted by Crippen LogP contribution is -2.40. The van der Waals surface area contributed by atoms with E-state index in [0.717, 1.165) is 39.1 Å². The van der Waals surface area contributed by atoms with E-state index in [1.807, 2.05) is 16.8 Å². The third-order valence-corrected chi connectivity index (χ3v) is 4.39. The topological polar surface area (TPSA) is 62.2 Å². The van der Waals surface area contributed by atoms with Gasteiger partial charge < -0.3 is 15.2 Å². The average Bonchev–Trinajstić information content (AvgIpc) is 3.26. The molecular weight excluding hydrogens is 302 g/mol. The highest BCUT2D eigenvalue weighted by Crippen LogP contribution is 2.17. The number of likely N-dealkylation sites (tertiary alicyclic amines) is 1. The van der Waals surface area contributed by atoms with E-state index in [2.05, 4.69) is 44.8 Å². The quantitative estimate of drug-likeness (QED) is 0.814. The second kappa shape index (κ2) is 8.49. The minimum absolute atomic E-state index is 0.0865. The van der Waals surface area contributed by atoms with Gasteiger partial charge in [0, 0.05) is 45.1 Å². The molecule has 0 radical (unpaired) electrons. The predicted molar refractivity (Wildman–Crippen MR) is 93.5 cm³/mol. The van der Waals surface area contributed by atoms with Crippen molar-refractivity contribution in [3.8, 4) is 0 Å². The van der Waals surface area contributed by atoms with Gasteiger partial charge in [-0.2, -0.15) is 0 Å². The number of urea groups is 1. The van der Waals surface area contributed by atoms with Crippen LogP contribution in [0.2, 0.25) is 0 Å². The molecule has 1 aliphatic heterocycles. The minimum atomic E-state index is -0.0865. The Labute approximate surface area is 142 Å². The van der Waals surface area contributed by atoms with Crippen molar-refractivity contribution in [2.75, 3.05) is 26.2 Å². The van der Waals surface area contributed by atoms with Gasteiger partial charge in [0.05, 0.1) is 6.33 Å². The van der Waals surface area contributed by atoms with Crippen LogP contribution in [0.3, 0.4) is 0 Å². The Bertz CT molecular complexity index is 614. The zero-order valence-electron chi connectivity index (χ0n) is 13.9. The van der Waals surface area contributed by atoms with Gasteiger partial charge in [-0.3, -0.25) is 4.90 Å². The monoisotopic (exact) mass is 327 g/mol. The van der Waals surface area contributed by atoms with Gasteiger partial charge in [-0.15, -0.1) is 0 Å². The second-order valence-corrected chi connectivity index (χ2v) is 6.31. The van der Waals surface area contributed by atoms with Gasteiger partial charge in [-0.1, -0.05) is 30.3 Å². The average molecular weight is 327 g/mol. The zero-order chi connectivity index (χ0) is 16.6. The van der Waals surface area contributed by atoms with Crippen LogP contribution in [0.15, 0.2) is 49.1 Å². The summed E-state index contributed by atoms with van der Waals surface area (Å²) in [5, 5.41) is 5.87. The Kier molecular flexibility index (Phi) is 5.85. The van der Waals surface area contributed by atoms with Crippen LogP contribution in [0, 0.1) is 5.92 Å². The Balaban J connectivity index is 1.30. The number of carbonyl (C=O) groups is 1. The van der Waals surface area contributed by atoms with Crippen molar-refractivity contribution in [3.05, 3.63) is 54.6 Å². The molecule has 2 heterocycles. The number of hydrogen-bond acceptors (Lipinski definition) is 3. The van der Waals surface area contributed by atoms with Crippen molar-refractivity contribution in [3.63, 3.8) is 0 Å². The summed E-state index contributed by atoms with van der Waals surface area (Å²) in [7, 11) is 0. The third-order valence-electron chi connectivity index (χ3n) is 4.39. The Morgan fingerprint density at radius 3 is 2.92 bits per heavy atom. The zero-order valence-corrected chi connectivity index (χ0v) is 13.9. The summed E-state index contributed by atoms with van der Waals surface area (Å²) in [6.07, 6.45) is 6.52. The van der Waals surface area contributed by atoms with Crippen molar-refractivity contribution >= 4 is 6.03 Å². The van der Waals surface area contributed by atoms with Gasteiger partial charge in [0.2, 0.25) is 0 Å². The molecule has 6 heteroatoms. The summed E-state index contributed by atoms with van der Waals surface area (Å²) < 4.78 is 1.94. The molecule has 24 heavy (non-hydrogen) atoms. The number of nitrogens with one attached hydrogen (secondary N) is 2. The molecule has 1 aromatic carbocycles. The summed E-state index contributed by atoms with van der Waals surface area (Å²) in [6.45, 7) is 5.22. The summed E-state index contributed by atoms with van der Waals surface area (Å²) in [4.78, 5) is 18.3. The highest BCUT2D eigenvalue weighted by Gasteiger charge is 2.22. The number of benzene rings is 1. The number of nitrogens with zero attached hydrogens (tertiary/aromatic N) is 3. The first-order valence-corrected chi connectivity index (χ1v) is 8.53. The SMILES string of the molecule is O=C(NCCn1ccnc1)NCC1CCN(Cc2ccccc2)C1. The van der Waals surface area contributed by atoms with Crippen molar-refractivity contribution in [1.29, 1.82) is 0 Å². The van der Waals surface area contributed by atoms with Gasteiger partial charge >= 0.3 is 6.03 Å².